The van der Waals surface area contributed by atoms with Crippen molar-refractivity contribution < 1.29 is 0 Å². The van der Waals surface area contributed by atoms with Crippen LogP contribution in [0.15, 0.2) is 40.2 Å². The molecular formula is C12H9BrN6. The van der Waals surface area contributed by atoms with E-state index >= 15 is 0 Å². The van der Waals surface area contributed by atoms with Crippen molar-refractivity contribution in [3.05, 3.63) is 35.1 Å². The van der Waals surface area contributed by atoms with E-state index < -0.39 is 0 Å². The monoisotopic (exact) mass is 316 g/mol. The Morgan fingerprint density at radius 2 is 2.21 bits per heavy atom. The number of nitriles is 1. The summed E-state index contributed by atoms with van der Waals surface area (Å²) in [5.41, 5.74) is 8.51. The van der Waals surface area contributed by atoms with Gasteiger partial charge >= 0.3 is 0 Å². The van der Waals surface area contributed by atoms with Crippen LogP contribution in [0, 0.1) is 16.7 Å². The zero-order chi connectivity index (χ0) is 13.8. The van der Waals surface area contributed by atoms with Crippen LogP contribution < -0.4 is 11.2 Å². The Labute approximate surface area is 117 Å². The van der Waals surface area contributed by atoms with E-state index in [0.717, 1.165) is 15.2 Å². The van der Waals surface area contributed by atoms with Gasteiger partial charge in [-0.3, -0.25) is 15.8 Å². The van der Waals surface area contributed by atoms with Crippen molar-refractivity contribution in [3.8, 4) is 6.07 Å². The van der Waals surface area contributed by atoms with E-state index in [4.69, 9.17) is 16.4 Å². The molecule has 0 aliphatic carbocycles. The molecule has 0 unspecified atom stereocenters. The lowest BCUT2D eigenvalue weighted by Crippen LogP contribution is -2.21. The first-order valence-corrected chi connectivity index (χ1v) is 6.03. The van der Waals surface area contributed by atoms with E-state index in [1.54, 1.807) is 18.5 Å². The predicted molar refractivity (Wildman–Crippen MR) is 78.0 cm³/mol. The molecule has 4 N–H and O–H groups in total. The third-order valence-corrected chi connectivity index (χ3v) is 3.11. The van der Waals surface area contributed by atoms with Gasteiger partial charge in [0, 0.05) is 27.6 Å². The highest BCUT2D eigenvalue weighted by atomic mass is 79.9. The summed E-state index contributed by atoms with van der Waals surface area (Å²) in [5.74, 6) is -0.377. The number of hydrazone groups is 1. The number of hydrogen-bond donors (Lipinski definition) is 3. The number of fused-ring (bicyclic) bond motifs is 1. The Morgan fingerprint density at radius 1 is 1.42 bits per heavy atom. The largest absolute Gasteiger partial charge is 0.382 e. The summed E-state index contributed by atoms with van der Waals surface area (Å²) in [4.78, 5) is 4.05. The fourth-order valence-electron chi connectivity index (χ4n) is 1.51. The minimum Gasteiger partial charge on any atom is -0.382 e. The molecule has 1 heterocycles. The average Bonchev–Trinajstić information content (AvgIpc) is 2.42. The number of nitrogens with one attached hydrogen (secondary N) is 2. The molecule has 1 aromatic carbocycles. The quantitative estimate of drug-likeness (QED) is 0.458. The van der Waals surface area contributed by atoms with Crippen LogP contribution in [0.3, 0.4) is 0 Å². The minimum atomic E-state index is -0.377. The zero-order valence-corrected chi connectivity index (χ0v) is 11.3. The first-order chi connectivity index (χ1) is 9.13. The number of benzene rings is 1. The minimum absolute atomic E-state index is 0.162. The summed E-state index contributed by atoms with van der Waals surface area (Å²) >= 11 is 3.44. The molecule has 2 aromatic rings. The van der Waals surface area contributed by atoms with Crippen molar-refractivity contribution in [1.29, 1.82) is 10.7 Å². The Kier molecular flexibility index (Phi) is 3.73. The fraction of sp³-hybridized carbons (Fsp3) is 0. The Morgan fingerprint density at radius 3 is 2.89 bits per heavy atom. The number of nitrogens with zero attached hydrogens (tertiary/aromatic N) is 3. The SMILES string of the molecule is N#C/C(=N\Nc1ccc(Br)c2cnccc12)C(=N)N. The van der Waals surface area contributed by atoms with Crippen molar-refractivity contribution >= 4 is 43.9 Å². The van der Waals surface area contributed by atoms with E-state index in [2.05, 4.69) is 31.4 Å². The molecular weight excluding hydrogens is 308 g/mol. The molecule has 0 amide bonds. The van der Waals surface area contributed by atoms with Crippen LogP contribution in [0.4, 0.5) is 5.69 Å². The van der Waals surface area contributed by atoms with E-state index in [-0.39, 0.29) is 11.5 Å². The molecule has 0 aliphatic heterocycles. The van der Waals surface area contributed by atoms with Crippen LogP contribution >= 0.6 is 15.9 Å². The van der Waals surface area contributed by atoms with Gasteiger partial charge in [0.1, 0.15) is 6.07 Å². The number of nitrogens with two attached hydrogens (primary N) is 1. The molecule has 6 nitrogen and oxygen atoms in total. The van der Waals surface area contributed by atoms with Gasteiger partial charge in [-0.25, -0.2) is 0 Å². The van der Waals surface area contributed by atoms with Crippen molar-refractivity contribution in [1.82, 2.24) is 4.98 Å². The molecule has 0 bridgehead atoms. The van der Waals surface area contributed by atoms with Gasteiger partial charge < -0.3 is 5.73 Å². The molecule has 19 heavy (non-hydrogen) atoms. The number of amidine groups is 1. The second-order valence-electron chi connectivity index (χ2n) is 3.61. The van der Waals surface area contributed by atoms with Gasteiger partial charge in [0.15, 0.2) is 5.84 Å². The molecule has 94 valence electrons. The highest BCUT2D eigenvalue weighted by Gasteiger charge is 2.05. The summed E-state index contributed by atoms with van der Waals surface area (Å²) in [6.07, 6.45) is 3.39. The van der Waals surface area contributed by atoms with E-state index in [1.807, 2.05) is 18.2 Å². The molecule has 0 spiro atoms. The van der Waals surface area contributed by atoms with Gasteiger partial charge in [0.25, 0.3) is 0 Å². The molecule has 0 aliphatic rings. The summed E-state index contributed by atoms with van der Waals surface area (Å²) in [6, 6.07) is 7.24. The number of hydrogen-bond acceptors (Lipinski definition) is 5. The van der Waals surface area contributed by atoms with Crippen LogP contribution in [0.25, 0.3) is 10.8 Å². The topological polar surface area (TPSA) is 111 Å². The summed E-state index contributed by atoms with van der Waals surface area (Å²) in [6.45, 7) is 0. The lowest BCUT2D eigenvalue weighted by Gasteiger charge is -2.07. The second-order valence-corrected chi connectivity index (χ2v) is 4.47. The fourth-order valence-corrected chi connectivity index (χ4v) is 1.96. The smallest absolute Gasteiger partial charge is 0.201 e. The molecule has 2 rings (SSSR count). The van der Waals surface area contributed by atoms with Crippen LogP contribution in [0.1, 0.15) is 0 Å². The van der Waals surface area contributed by atoms with E-state index in [0.29, 0.717) is 5.69 Å². The van der Waals surface area contributed by atoms with Gasteiger partial charge in [-0.1, -0.05) is 15.9 Å². The Balaban J connectivity index is 2.45. The van der Waals surface area contributed by atoms with Crippen molar-refractivity contribution in [2.45, 2.75) is 0 Å². The Bertz CT molecular complexity index is 716. The summed E-state index contributed by atoms with van der Waals surface area (Å²) in [5, 5.41) is 21.6. The summed E-state index contributed by atoms with van der Waals surface area (Å²) in [7, 11) is 0. The van der Waals surface area contributed by atoms with Crippen molar-refractivity contribution in [3.63, 3.8) is 0 Å². The van der Waals surface area contributed by atoms with Gasteiger partial charge in [0.05, 0.1) is 5.69 Å². The molecule has 0 fully saturated rings. The average molecular weight is 317 g/mol. The lowest BCUT2D eigenvalue weighted by molar-refractivity contribution is 1.33. The van der Waals surface area contributed by atoms with Crippen LogP contribution in [-0.2, 0) is 0 Å². The number of anilines is 1. The maximum Gasteiger partial charge on any atom is 0.201 e. The molecule has 0 saturated heterocycles. The van der Waals surface area contributed by atoms with Gasteiger partial charge in [0.2, 0.25) is 5.71 Å². The molecule has 7 heteroatoms. The third-order valence-electron chi connectivity index (χ3n) is 2.41. The maximum absolute atomic E-state index is 8.77. The second kappa shape index (κ2) is 5.46. The highest BCUT2D eigenvalue weighted by Crippen LogP contribution is 2.29. The van der Waals surface area contributed by atoms with E-state index in [1.165, 1.54) is 0 Å². The van der Waals surface area contributed by atoms with Crippen LogP contribution in [0.5, 0.6) is 0 Å². The summed E-state index contributed by atoms with van der Waals surface area (Å²) < 4.78 is 0.914. The number of pyridine rings is 1. The standard InChI is InChI=1S/C12H9BrN6/c13-9-1-2-10(7-3-4-17-6-8(7)9)18-19-11(5-14)12(15)16/h1-4,6,18H,(H3,15,16)/b19-11+. The highest BCUT2D eigenvalue weighted by molar-refractivity contribution is 9.10. The molecule has 0 saturated carbocycles. The molecule has 1 aromatic heterocycles. The number of aromatic nitrogens is 1. The van der Waals surface area contributed by atoms with Gasteiger partial charge in [-0.05, 0) is 18.2 Å². The first-order valence-electron chi connectivity index (χ1n) is 5.24. The Hall–Kier alpha value is -2.46. The van der Waals surface area contributed by atoms with E-state index in [9.17, 15) is 0 Å². The third kappa shape index (κ3) is 2.69. The van der Waals surface area contributed by atoms with Gasteiger partial charge in [-0.15, -0.1) is 0 Å². The molecule has 0 radical (unpaired) electrons. The number of halogens is 1. The van der Waals surface area contributed by atoms with Gasteiger partial charge in [-0.2, -0.15) is 10.4 Å². The van der Waals surface area contributed by atoms with Crippen LogP contribution in [0.2, 0.25) is 0 Å². The van der Waals surface area contributed by atoms with Crippen LogP contribution in [-0.4, -0.2) is 16.5 Å². The molecule has 0 atom stereocenters. The lowest BCUT2D eigenvalue weighted by atomic mass is 10.1. The predicted octanol–water partition coefficient (Wildman–Crippen LogP) is 2.22. The maximum atomic E-state index is 8.77. The van der Waals surface area contributed by atoms with Crippen molar-refractivity contribution in [2.24, 2.45) is 10.8 Å². The first kappa shape index (κ1) is 13.0. The zero-order valence-electron chi connectivity index (χ0n) is 9.68. The van der Waals surface area contributed by atoms with Crippen molar-refractivity contribution in [2.75, 3.05) is 5.43 Å². The number of rotatable bonds is 3. The normalized spacial score (nSPS) is 11.1.